The van der Waals surface area contributed by atoms with E-state index < -0.39 is 11.8 Å². The van der Waals surface area contributed by atoms with E-state index in [0.29, 0.717) is 25.1 Å². The molecular formula is C22H25N3O2. The summed E-state index contributed by atoms with van der Waals surface area (Å²) in [5.41, 5.74) is 3.86. The molecule has 5 heteroatoms. The molecule has 140 valence electrons. The number of rotatable bonds is 5. The van der Waals surface area contributed by atoms with Gasteiger partial charge in [-0.05, 0) is 40.7 Å². The van der Waals surface area contributed by atoms with Gasteiger partial charge in [0, 0.05) is 12.2 Å². The Morgan fingerprint density at radius 2 is 1.52 bits per heavy atom. The number of carbonyl (C=O) groups is 2. The average molecular weight is 363 g/mol. The number of carbonyl (C=O) groups excluding carboxylic acids is 2. The van der Waals surface area contributed by atoms with Crippen LogP contribution in [0.15, 0.2) is 48.5 Å². The second kappa shape index (κ2) is 9.00. The Morgan fingerprint density at radius 3 is 2.07 bits per heavy atom. The molecule has 0 spiro atoms. The van der Waals surface area contributed by atoms with Gasteiger partial charge in [0.1, 0.15) is 0 Å². The van der Waals surface area contributed by atoms with Crippen molar-refractivity contribution in [1.29, 1.82) is 5.26 Å². The number of amides is 2. The summed E-state index contributed by atoms with van der Waals surface area (Å²) in [6, 6.07) is 17.2. The first-order valence-electron chi connectivity index (χ1n) is 8.94. The van der Waals surface area contributed by atoms with E-state index in [1.807, 2.05) is 0 Å². The lowest BCUT2D eigenvalue weighted by atomic mass is 9.86. The Labute approximate surface area is 160 Å². The van der Waals surface area contributed by atoms with Crippen LogP contribution in [-0.2, 0) is 27.8 Å². The zero-order valence-corrected chi connectivity index (χ0v) is 16.0. The van der Waals surface area contributed by atoms with Gasteiger partial charge in [-0.3, -0.25) is 9.59 Å². The molecule has 5 nitrogen and oxygen atoms in total. The van der Waals surface area contributed by atoms with Crippen molar-refractivity contribution in [2.45, 2.75) is 39.0 Å². The first-order chi connectivity index (χ1) is 12.8. The lowest BCUT2D eigenvalue weighted by Crippen LogP contribution is -2.36. The average Bonchev–Trinajstić information content (AvgIpc) is 2.63. The number of benzene rings is 2. The van der Waals surface area contributed by atoms with Gasteiger partial charge in [0.2, 0.25) is 0 Å². The second-order valence-electron chi connectivity index (χ2n) is 7.44. The molecule has 27 heavy (non-hydrogen) atoms. The summed E-state index contributed by atoms with van der Waals surface area (Å²) in [5.74, 6) is -1.37. The van der Waals surface area contributed by atoms with Gasteiger partial charge in [-0.25, -0.2) is 0 Å². The van der Waals surface area contributed by atoms with Crippen molar-refractivity contribution in [3.63, 3.8) is 0 Å². The Bertz CT molecular complexity index is 826. The summed E-state index contributed by atoms with van der Waals surface area (Å²) in [6.45, 7) is 6.88. The van der Waals surface area contributed by atoms with Crippen molar-refractivity contribution in [3.8, 4) is 6.07 Å². The molecule has 0 aromatic heterocycles. The Kier molecular flexibility index (Phi) is 6.73. The minimum Gasteiger partial charge on any atom is -0.347 e. The molecule has 2 rings (SSSR count). The fraction of sp³-hybridized carbons (Fsp3) is 0.318. The summed E-state index contributed by atoms with van der Waals surface area (Å²) in [7, 11) is 0. The fourth-order valence-corrected chi connectivity index (χ4v) is 2.56. The van der Waals surface area contributed by atoms with Crippen molar-refractivity contribution in [2.75, 3.05) is 11.9 Å². The Morgan fingerprint density at radius 1 is 0.926 bits per heavy atom. The summed E-state index contributed by atoms with van der Waals surface area (Å²) < 4.78 is 0. The number of hydrogen-bond donors (Lipinski definition) is 2. The molecule has 2 aromatic carbocycles. The first kappa shape index (κ1) is 20.2. The Balaban J connectivity index is 1.79. The number of nitrogens with one attached hydrogen (secondary N) is 2. The molecule has 0 aliphatic carbocycles. The normalized spacial score (nSPS) is 10.7. The number of nitrogens with zero attached hydrogens (tertiary/aromatic N) is 1. The van der Waals surface area contributed by atoms with Gasteiger partial charge in [0.05, 0.1) is 12.5 Å². The number of nitriles is 1. The van der Waals surface area contributed by atoms with Crippen LogP contribution >= 0.6 is 0 Å². The highest BCUT2D eigenvalue weighted by atomic mass is 16.2. The van der Waals surface area contributed by atoms with E-state index in [1.165, 1.54) is 5.56 Å². The molecule has 0 saturated heterocycles. The van der Waals surface area contributed by atoms with Gasteiger partial charge in [0.25, 0.3) is 0 Å². The van der Waals surface area contributed by atoms with Crippen LogP contribution < -0.4 is 10.6 Å². The molecule has 0 radical (unpaired) electrons. The van der Waals surface area contributed by atoms with E-state index in [9.17, 15) is 9.59 Å². The van der Waals surface area contributed by atoms with E-state index in [4.69, 9.17) is 5.26 Å². The molecule has 0 atom stereocenters. The molecule has 0 saturated carbocycles. The standard InChI is InChI=1S/C22H25N3O2/c1-22(2,3)18-8-4-17(5-9-18)13-15-24-20(26)21(27)25-19-10-6-16(7-11-19)12-14-23/h4-11H,12-13,15H2,1-3H3,(H,24,26)(H,25,27). The van der Waals surface area contributed by atoms with Crippen LogP contribution in [0.4, 0.5) is 5.69 Å². The maximum Gasteiger partial charge on any atom is 0.313 e. The first-order valence-corrected chi connectivity index (χ1v) is 8.94. The maximum atomic E-state index is 11.9. The summed E-state index contributed by atoms with van der Waals surface area (Å²) in [5, 5.41) is 13.8. The van der Waals surface area contributed by atoms with Gasteiger partial charge in [0.15, 0.2) is 0 Å². The largest absolute Gasteiger partial charge is 0.347 e. The summed E-state index contributed by atoms with van der Waals surface area (Å²) >= 11 is 0. The van der Waals surface area contributed by atoms with Crippen molar-refractivity contribution in [1.82, 2.24) is 5.32 Å². The third kappa shape index (κ3) is 6.27. The fourth-order valence-electron chi connectivity index (χ4n) is 2.56. The molecule has 2 amide bonds. The van der Waals surface area contributed by atoms with Crippen molar-refractivity contribution >= 4 is 17.5 Å². The van der Waals surface area contributed by atoms with E-state index in [-0.39, 0.29) is 5.41 Å². The van der Waals surface area contributed by atoms with Gasteiger partial charge in [-0.1, -0.05) is 57.2 Å². The van der Waals surface area contributed by atoms with Crippen molar-refractivity contribution in [3.05, 3.63) is 65.2 Å². The van der Waals surface area contributed by atoms with Crippen LogP contribution in [-0.4, -0.2) is 18.4 Å². The summed E-state index contributed by atoms with van der Waals surface area (Å²) in [6.07, 6.45) is 0.970. The molecule has 0 bridgehead atoms. The van der Waals surface area contributed by atoms with Gasteiger partial charge >= 0.3 is 11.8 Å². The second-order valence-corrected chi connectivity index (χ2v) is 7.44. The van der Waals surface area contributed by atoms with Gasteiger partial charge < -0.3 is 10.6 Å². The lowest BCUT2D eigenvalue weighted by Gasteiger charge is -2.19. The predicted molar refractivity (Wildman–Crippen MR) is 106 cm³/mol. The Hall–Kier alpha value is -3.13. The van der Waals surface area contributed by atoms with Crippen LogP contribution in [0.3, 0.4) is 0 Å². The highest BCUT2D eigenvalue weighted by Gasteiger charge is 2.14. The van der Waals surface area contributed by atoms with Crippen LogP contribution in [0.2, 0.25) is 0 Å². The molecule has 2 aromatic rings. The molecule has 0 heterocycles. The highest BCUT2D eigenvalue weighted by molar-refractivity contribution is 6.39. The van der Waals surface area contributed by atoms with Crippen LogP contribution in [0.5, 0.6) is 0 Å². The molecule has 2 N–H and O–H groups in total. The predicted octanol–water partition coefficient (Wildman–Crippen LogP) is 3.35. The maximum absolute atomic E-state index is 11.9. The van der Waals surface area contributed by atoms with Crippen molar-refractivity contribution < 1.29 is 9.59 Å². The number of hydrogen-bond acceptors (Lipinski definition) is 3. The lowest BCUT2D eigenvalue weighted by molar-refractivity contribution is -0.136. The molecular weight excluding hydrogens is 338 g/mol. The molecule has 0 fully saturated rings. The number of anilines is 1. The molecule has 0 unspecified atom stereocenters. The summed E-state index contributed by atoms with van der Waals surface area (Å²) in [4.78, 5) is 23.9. The van der Waals surface area contributed by atoms with E-state index in [0.717, 1.165) is 11.1 Å². The smallest absolute Gasteiger partial charge is 0.313 e. The van der Waals surface area contributed by atoms with Crippen molar-refractivity contribution in [2.24, 2.45) is 0 Å². The zero-order valence-electron chi connectivity index (χ0n) is 16.0. The van der Waals surface area contributed by atoms with Crippen LogP contribution in [0.25, 0.3) is 0 Å². The minimum atomic E-state index is -0.703. The monoisotopic (exact) mass is 363 g/mol. The van der Waals surface area contributed by atoms with Gasteiger partial charge in [-0.15, -0.1) is 0 Å². The SMILES string of the molecule is CC(C)(C)c1ccc(CCNC(=O)C(=O)Nc2ccc(CC#N)cc2)cc1. The molecule has 0 aliphatic heterocycles. The van der Waals surface area contributed by atoms with E-state index in [2.05, 4.69) is 61.7 Å². The highest BCUT2D eigenvalue weighted by Crippen LogP contribution is 2.22. The zero-order chi connectivity index (χ0) is 19.9. The molecule has 0 aliphatic rings. The van der Waals surface area contributed by atoms with Gasteiger partial charge in [-0.2, -0.15) is 5.26 Å². The minimum absolute atomic E-state index is 0.109. The van der Waals surface area contributed by atoms with Crippen LogP contribution in [0, 0.1) is 11.3 Å². The van der Waals surface area contributed by atoms with Crippen LogP contribution in [0.1, 0.15) is 37.5 Å². The third-order valence-electron chi connectivity index (χ3n) is 4.22. The van der Waals surface area contributed by atoms with E-state index >= 15 is 0 Å². The topological polar surface area (TPSA) is 82.0 Å². The third-order valence-corrected chi connectivity index (χ3v) is 4.22. The van der Waals surface area contributed by atoms with E-state index in [1.54, 1.807) is 24.3 Å². The quantitative estimate of drug-likeness (QED) is 0.799.